The lowest BCUT2D eigenvalue weighted by molar-refractivity contribution is -0.131. The number of aliphatic hydroxyl groups excluding tert-OH is 1. The van der Waals surface area contributed by atoms with Crippen molar-refractivity contribution in [2.24, 2.45) is 11.7 Å². The number of benzene rings is 1. The molecule has 1 heterocycles. The molecule has 2 rings (SSSR count). The van der Waals surface area contributed by atoms with E-state index < -0.39 is 37.3 Å². The van der Waals surface area contributed by atoms with Crippen molar-refractivity contribution in [3.8, 4) is 11.1 Å². The Labute approximate surface area is 161 Å². The lowest BCUT2D eigenvalue weighted by Crippen LogP contribution is -2.22. The van der Waals surface area contributed by atoms with Crippen LogP contribution in [0.5, 0.6) is 0 Å². The summed E-state index contributed by atoms with van der Waals surface area (Å²) in [4.78, 5) is 15.5. The number of carbonyl (C=O) groups is 1. The average molecular weight is 396 g/mol. The molecule has 0 aliphatic carbocycles. The van der Waals surface area contributed by atoms with Crippen LogP contribution >= 0.6 is 0 Å². The van der Waals surface area contributed by atoms with Crippen LogP contribution in [0.15, 0.2) is 42.6 Å². The van der Waals surface area contributed by atoms with Gasteiger partial charge in [0.2, 0.25) is 0 Å². The quantitative estimate of drug-likeness (QED) is 0.644. The minimum Gasteiger partial charge on any atom is -0.388 e. The van der Waals surface area contributed by atoms with Crippen molar-refractivity contribution in [1.82, 2.24) is 4.98 Å². The number of ketones is 1. The fraction of sp³-hybridized carbons (Fsp3) is 0.400. The number of Topliss-reactive ketones (excluding diaryl/α,β-unsaturated/α-hetero) is 1. The van der Waals surface area contributed by atoms with Crippen LogP contribution in [0.2, 0.25) is 0 Å². The molecule has 3 N–H and O–H groups in total. The number of aliphatic hydroxyl groups is 1. The van der Waals surface area contributed by atoms with Gasteiger partial charge in [-0.3, -0.25) is 14.2 Å². The fourth-order valence-corrected chi connectivity index (χ4v) is 2.80. The Bertz CT molecular complexity index is 754. The van der Waals surface area contributed by atoms with Gasteiger partial charge in [-0.05, 0) is 17.2 Å². The molecule has 0 aliphatic heterocycles. The zero-order valence-electron chi connectivity index (χ0n) is 15.4. The van der Waals surface area contributed by atoms with Crippen molar-refractivity contribution in [2.75, 3.05) is 20.4 Å². The van der Waals surface area contributed by atoms with Gasteiger partial charge in [-0.2, -0.15) is 0 Å². The van der Waals surface area contributed by atoms with E-state index in [2.05, 4.69) is 4.98 Å². The van der Waals surface area contributed by atoms with Crippen molar-refractivity contribution < 1.29 is 27.8 Å². The van der Waals surface area contributed by atoms with Gasteiger partial charge >= 0.3 is 0 Å². The Kier molecular flexibility index (Phi) is 8.10. The standard InChI is InChI=1S/C20H23F3N2O3/c1-28-11-16(24)17-7-6-14(10-25-17)12-2-4-13(5-3-12)19(27)15(9-21)8-18(26)20(22)23/h2-7,10,15-16,19-20,27H,8-9,11,24H2,1H3/t15-,16?,19-/m1/s1. The number of methoxy groups -OCH3 is 1. The number of pyridine rings is 1. The van der Waals surface area contributed by atoms with Crippen molar-refractivity contribution in [2.45, 2.75) is 25.0 Å². The monoisotopic (exact) mass is 396 g/mol. The third kappa shape index (κ3) is 5.60. The Morgan fingerprint density at radius 1 is 1.18 bits per heavy atom. The smallest absolute Gasteiger partial charge is 0.295 e. The summed E-state index contributed by atoms with van der Waals surface area (Å²) in [5, 5.41) is 10.2. The second kappa shape index (κ2) is 10.3. The molecular formula is C20H23F3N2O3. The van der Waals surface area contributed by atoms with Crippen LogP contribution in [-0.4, -0.2) is 42.7 Å². The van der Waals surface area contributed by atoms with Crippen molar-refractivity contribution in [3.63, 3.8) is 0 Å². The van der Waals surface area contributed by atoms with E-state index in [9.17, 15) is 23.1 Å². The molecule has 0 amide bonds. The maximum Gasteiger partial charge on any atom is 0.295 e. The first-order chi connectivity index (χ1) is 13.4. The van der Waals surface area contributed by atoms with Crippen molar-refractivity contribution >= 4 is 5.78 Å². The number of alkyl halides is 3. The van der Waals surface area contributed by atoms with Gasteiger partial charge in [0.15, 0.2) is 5.78 Å². The van der Waals surface area contributed by atoms with Gasteiger partial charge in [-0.15, -0.1) is 0 Å². The summed E-state index contributed by atoms with van der Waals surface area (Å²) in [6.07, 6.45) is -3.59. The molecule has 2 aromatic rings. The molecule has 3 atom stereocenters. The van der Waals surface area contributed by atoms with Crippen molar-refractivity contribution in [1.29, 1.82) is 0 Å². The van der Waals surface area contributed by atoms with E-state index in [1.54, 1.807) is 43.6 Å². The van der Waals surface area contributed by atoms with Crippen LogP contribution in [0.1, 0.15) is 29.8 Å². The summed E-state index contributed by atoms with van der Waals surface area (Å²) in [6.45, 7) is -0.725. The second-order valence-corrected chi connectivity index (χ2v) is 6.49. The van der Waals surface area contributed by atoms with E-state index >= 15 is 0 Å². The number of nitrogens with two attached hydrogens (primary N) is 1. The van der Waals surface area contributed by atoms with Gasteiger partial charge in [-0.25, -0.2) is 8.78 Å². The van der Waals surface area contributed by atoms with E-state index in [4.69, 9.17) is 10.5 Å². The van der Waals surface area contributed by atoms with E-state index in [1.165, 1.54) is 0 Å². The Morgan fingerprint density at radius 3 is 2.32 bits per heavy atom. The number of carbonyl (C=O) groups excluding carboxylic acids is 1. The first-order valence-corrected chi connectivity index (χ1v) is 8.73. The van der Waals surface area contributed by atoms with Gasteiger partial charge in [-0.1, -0.05) is 30.3 Å². The van der Waals surface area contributed by atoms with Gasteiger partial charge in [0, 0.05) is 31.2 Å². The highest BCUT2D eigenvalue weighted by atomic mass is 19.3. The lowest BCUT2D eigenvalue weighted by Gasteiger charge is -2.20. The largest absolute Gasteiger partial charge is 0.388 e. The second-order valence-electron chi connectivity index (χ2n) is 6.49. The lowest BCUT2D eigenvalue weighted by atomic mass is 9.91. The molecule has 152 valence electrons. The van der Waals surface area contributed by atoms with Crippen LogP contribution in [0, 0.1) is 5.92 Å². The maximum absolute atomic E-state index is 13.1. The predicted molar refractivity (Wildman–Crippen MR) is 98.5 cm³/mol. The van der Waals surface area contributed by atoms with E-state index in [-0.39, 0.29) is 6.04 Å². The number of hydrogen-bond donors (Lipinski definition) is 2. The zero-order valence-corrected chi connectivity index (χ0v) is 15.4. The van der Waals surface area contributed by atoms with Gasteiger partial charge < -0.3 is 15.6 Å². The summed E-state index contributed by atoms with van der Waals surface area (Å²) in [5.41, 5.74) is 8.57. The summed E-state index contributed by atoms with van der Waals surface area (Å²) in [6, 6.07) is 9.85. The van der Waals surface area contributed by atoms with Gasteiger partial charge in [0.1, 0.15) is 0 Å². The highest BCUT2D eigenvalue weighted by Crippen LogP contribution is 2.28. The molecule has 0 radical (unpaired) electrons. The summed E-state index contributed by atoms with van der Waals surface area (Å²) in [7, 11) is 1.56. The molecule has 1 unspecified atom stereocenters. The highest BCUT2D eigenvalue weighted by Gasteiger charge is 2.27. The van der Waals surface area contributed by atoms with E-state index in [0.717, 1.165) is 11.1 Å². The third-order valence-electron chi connectivity index (χ3n) is 4.45. The summed E-state index contributed by atoms with van der Waals surface area (Å²) >= 11 is 0. The van der Waals surface area contributed by atoms with Crippen LogP contribution in [-0.2, 0) is 9.53 Å². The average Bonchev–Trinajstić information content (AvgIpc) is 2.71. The molecule has 1 aromatic heterocycles. The maximum atomic E-state index is 13.1. The molecular weight excluding hydrogens is 373 g/mol. The molecule has 0 spiro atoms. The number of ether oxygens (including phenoxy) is 1. The molecule has 0 bridgehead atoms. The van der Waals surface area contributed by atoms with Crippen LogP contribution < -0.4 is 5.73 Å². The van der Waals surface area contributed by atoms with Gasteiger partial charge in [0.25, 0.3) is 6.43 Å². The number of nitrogens with zero attached hydrogens (tertiary/aromatic N) is 1. The molecule has 0 fully saturated rings. The topological polar surface area (TPSA) is 85.4 Å². The number of hydrogen-bond acceptors (Lipinski definition) is 5. The van der Waals surface area contributed by atoms with Crippen LogP contribution in [0.3, 0.4) is 0 Å². The van der Waals surface area contributed by atoms with Gasteiger partial charge in [0.05, 0.1) is 31.1 Å². The molecule has 0 aliphatic rings. The molecule has 8 heteroatoms. The van der Waals surface area contributed by atoms with Crippen LogP contribution in [0.25, 0.3) is 11.1 Å². The SMILES string of the molecule is COCC(N)c1ccc(-c2ccc([C@@H](O)[C@@H](CF)CC(=O)C(F)F)cc2)cn1. The Hall–Kier alpha value is -2.29. The molecule has 0 saturated heterocycles. The molecule has 0 saturated carbocycles. The first kappa shape index (κ1) is 22.0. The molecule has 5 nitrogen and oxygen atoms in total. The highest BCUT2D eigenvalue weighted by molar-refractivity contribution is 5.81. The van der Waals surface area contributed by atoms with E-state index in [0.29, 0.717) is 17.9 Å². The minimum atomic E-state index is -3.17. The number of aromatic nitrogens is 1. The Balaban J connectivity index is 2.10. The minimum absolute atomic E-state index is 0.329. The predicted octanol–water partition coefficient (Wildman–Crippen LogP) is 3.24. The normalized spacial score (nSPS) is 14.7. The number of halogens is 3. The summed E-state index contributed by atoms with van der Waals surface area (Å²) in [5.74, 6) is -2.59. The fourth-order valence-electron chi connectivity index (χ4n) is 2.80. The number of rotatable bonds is 10. The van der Waals surface area contributed by atoms with Crippen molar-refractivity contribution in [3.05, 3.63) is 53.9 Å². The zero-order chi connectivity index (χ0) is 20.7. The molecule has 1 aromatic carbocycles. The Morgan fingerprint density at radius 2 is 1.82 bits per heavy atom. The van der Waals surface area contributed by atoms with Crippen LogP contribution in [0.4, 0.5) is 13.2 Å². The molecule has 28 heavy (non-hydrogen) atoms. The first-order valence-electron chi connectivity index (χ1n) is 8.73. The third-order valence-corrected chi connectivity index (χ3v) is 4.45. The van der Waals surface area contributed by atoms with E-state index in [1.807, 2.05) is 6.07 Å². The summed E-state index contributed by atoms with van der Waals surface area (Å²) < 4.78 is 42.9.